The second-order valence-corrected chi connectivity index (χ2v) is 6.16. The maximum absolute atomic E-state index is 11.1. The lowest BCUT2D eigenvalue weighted by molar-refractivity contribution is -0.0467. The first-order valence-electron chi connectivity index (χ1n) is 6.47. The first-order chi connectivity index (χ1) is 7.91. The molecule has 2 saturated heterocycles. The molecule has 3 atom stereocenters. The summed E-state index contributed by atoms with van der Waals surface area (Å²) < 4.78 is 11.2. The van der Waals surface area contributed by atoms with Gasteiger partial charge in [-0.25, -0.2) is 4.79 Å². The normalized spacial score (nSPS) is 33.9. The number of hydrogen-bond acceptors (Lipinski definition) is 3. The molecule has 0 bridgehead atoms. The zero-order chi connectivity index (χ0) is 12.6. The van der Waals surface area contributed by atoms with Gasteiger partial charge in [0.25, 0.3) is 0 Å². The summed E-state index contributed by atoms with van der Waals surface area (Å²) in [6.45, 7) is 10.2. The number of rotatable bonds is 3. The summed E-state index contributed by atoms with van der Waals surface area (Å²) in [5, 5.41) is 2.72. The quantitative estimate of drug-likeness (QED) is 0.824. The zero-order valence-electron chi connectivity index (χ0n) is 11.2. The van der Waals surface area contributed by atoms with E-state index in [1.807, 2.05) is 0 Å². The van der Waals surface area contributed by atoms with E-state index in [1.54, 1.807) is 0 Å². The highest BCUT2D eigenvalue weighted by Crippen LogP contribution is 2.40. The van der Waals surface area contributed by atoms with Crippen molar-refractivity contribution < 1.29 is 14.3 Å². The largest absolute Gasteiger partial charge is 0.444 e. The minimum absolute atomic E-state index is 0.0779. The van der Waals surface area contributed by atoms with E-state index in [1.165, 1.54) is 0 Å². The number of alkyl carbamates (subject to hydrolysis) is 1. The van der Waals surface area contributed by atoms with Gasteiger partial charge in [0, 0.05) is 5.41 Å². The molecule has 1 N–H and O–H groups in total. The Morgan fingerprint density at radius 2 is 2.06 bits per heavy atom. The Balaban J connectivity index is 1.99. The Labute approximate surface area is 103 Å². The van der Waals surface area contributed by atoms with Gasteiger partial charge in [0.05, 0.1) is 19.3 Å². The van der Waals surface area contributed by atoms with Crippen molar-refractivity contribution in [3.63, 3.8) is 0 Å². The lowest BCUT2D eigenvalue weighted by Gasteiger charge is -2.34. The lowest BCUT2D eigenvalue weighted by atomic mass is 9.77. The van der Waals surface area contributed by atoms with Crippen LogP contribution in [0.15, 0.2) is 0 Å². The summed E-state index contributed by atoms with van der Waals surface area (Å²) in [7, 11) is 0. The molecule has 0 aromatic heterocycles. The molecule has 0 spiro atoms. The summed E-state index contributed by atoms with van der Waals surface area (Å²) in [6.07, 6.45) is 0.874. The van der Waals surface area contributed by atoms with Gasteiger partial charge < -0.3 is 14.8 Å². The van der Waals surface area contributed by atoms with Crippen LogP contribution in [0, 0.1) is 17.3 Å². The predicted molar refractivity (Wildman–Crippen MR) is 64.7 cm³/mol. The monoisotopic (exact) mass is 241 g/mol. The van der Waals surface area contributed by atoms with E-state index in [2.05, 4.69) is 33.0 Å². The zero-order valence-corrected chi connectivity index (χ0v) is 11.2. The van der Waals surface area contributed by atoms with E-state index < -0.39 is 0 Å². The van der Waals surface area contributed by atoms with Crippen LogP contribution in [0.4, 0.5) is 4.79 Å². The van der Waals surface area contributed by atoms with Gasteiger partial charge in [0.2, 0.25) is 0 Å². The third kappa shape index (κ3) is 2.41. The van der Waals surface area contributed by atoms with Gasteiger partial charge in [-0.2, -0.15) is 0 Å². The Bertz CT molecular complexity index is 301. The molecule has 17 heavy (non-hydrogen) atoms. The fourth-order valence-electron chi connectivity index (χ4n) is 2.64. The van der Waals surface area contributed by atoms with E-state index in [0.717, 1.165) is 13.0 Å². The molecular weight excluding hydrogens is 218 g/mol. The second-order valence-electron chi connectivity index (χ2n) is 6.16. The van der Waals surface area contributed by atoms with Crippen molar-refractivity contribution in [3.8, 4) is 0 Å². The fourth-order valence-corrected chi connectivity index (χ4v) is 2.64. The van der Waals surface area contributed by atoms with Crippen LogP contribution in [0.5, 0.6) is 0 Å². The van der Waals surface area contributed by atoms with Crippen molar-refractivity contribution in [1.29, 1.82) is 0 Å². The van der Waals surface area contributed by atoms with E-state index in [0.29, 0.717) is 18.4 Å². The summed E-state index contributed by atoms with van der Waals surface area (Å²) >= 11 is 0. The summed E-state index contributed by atoms with van der Waals surface area (Å²) in [5.74, 6) is 1.28. The van der Waals surface area contributed by atoms with Crippen LogP contribution in [-0.2, 0) is 9.47 Å². The molecule has 3 unspecified atom stereocenters. The van der Waals surface area contributed by atoms with Crippen LogP contribution < -0.4 is 5.32 Å². The molecule has 2 aliphatic rings. The molecule has 2 aliphatic heterocycles. The third-order valence-corrected chi connectivity index (χ3v) is 4.31. The van der Waals surface area contributed by atoms with Crippen LogP contribution in [0.3, 0.4) is 0 Å². The number of ether oxygens (including phenoxy) is 2. The van der Waals surface area contributed by atoms with Crippen molar-refractivity contribution >= 4 is 6.09 Å². The molecule has 4 nitrogen and oxygen atoms in total. The van der Waals surface area contributed by atoms with Gasteiger partial charge in [-0.15, -0.1) is 0 Å². The Kier molecular flexibility index (Phi) is 3.34. The number of carbonyl (C=O) groups is 1. The SMILES string of the molecule is CC(C)C1COC(C(C)(C)C2CNC(=O)O2)C1. The Hall–Kier alpha value is -0.770. The van der Waals surface area contributed by atoms with Gasteiger partial charge in [0.15, 0.2) is 0 Å². The van der Waals surface area contributed by atoms with Crippen LogP contribution in [0.2, 0.25) is 0 Å². The maximum Gasteiger partial charge on any atom is 0.407 e. The Morgan fingerprint density at radius 1 is 1.35 bits per heavy atom. The van der Waals surface area contributed by atoms with Crippen LogP contribution in [-0.4, -0.2) is 31.5 Å². The molecule has 0 aromatic carbocycles. The molecule has 2 heterocycles. The number of hydrogen-bond donors (Lipinski definition) is 1. The van der Waals surface area contributed by atoms with E-state index in [9.17, 15) is 4.79 Å². The highest BCUT2D eigenvalue weighted by molar-refractivity contribution is 5.69. The van der Waals surface area contributed by atoms with E-state index in [4.69, 9.17) is 9.47 Å². The maximum atomic E-state index is 11.1. The second kappa shape index (κ2) is 4.48. The minimum atomic E-state index is -0.304. The van der Waals surface area contributed by atoms with Gasteiger partial charge >= 0.3 is 6.09 Å². The average molecular weight is 241 g/mol. The third-order valence-electron chi connectivity index (χ3n) is 4.31. The summed E-state index contributed by atoms with van der Waals surface area (Å²) in [4.78, 5) is 11.1. The van der Waals surface area contributed by atoms with Crippen LogP contribution >= 0.6 is 0 Å². The van der Waals surface area contributed by atoms with Gasteiger partial charge in [0.1, 0.15) is 6.10 Å². The molecule has 2 rings (SSSR count). The van der Waals surface area contributed by atoms with Crippen molar-refractivity contribution in [2.24, 2.45) is 17.3 Å². The molecule has 4 heteroatoms. The van der Waals surface area contributed by atoms with Crippen LogP contribution in [0.25, 0.3) is 0 Å². The van der Waals surface area contributed by atoms with E-state index >= 15 is 0 Å². The molecule has 98 valence electrons. The smallest absolute Gasteiger partial charge is 0.407 e. The predicted octanol–water partition coefficient (Wildman–Crippen LogP) is 2.18. The number of nitrogens with one attached hydrogen (secondary N) is 1. The van der Waals surface area contributed by atoms with Crippen molar-refractivity contribution in [1.82, 2.24) is 5.32 Å². The lowest BCUT2D eigenvalue weighted by Crippen LogP contribution is -2.42. The highest BCUT2D eigenvalue weighted by Gasteiger charge is 2.46. The fraction of sp³-hybridized carbons (Fsp3) is 0.923. The molecule has 0 aliphatic carbocycles. The molecule has 0 saturated carbocycles. The van der Waals surface area contributed by atoms with Crippen LogP contribution in [0.1, 0.15) is 34.1 Å². The molecular formula is C13H23NO3. The van der Waals surface area contributed by atoms with Gasteiger partial charge in [-0.1, -0.05) is 27.7 Å². The van der Waals surface area contributed by atoms with Crippen molar-refractivity contribution in [2.75, 3.05) is 13.2 Å². The molecule has 2 fully saturated rings. The van der Waals surface area contributed by atoms with Crippen molar-refractivity contribution in [3.05, 3.63) is 0 Å². The van der Waals surface area contributed by atoms with Crippen molar-refractivity contribution in [2.45, 2.75) is 46.3 Å². The standard InChI is InChI=1S/C13H23NO3/c1-8(2)9-5-10(16-7-9)13(3,4)11-6-14-12(15)17-11/h8-11H,5-7H2,1-4H3,(H,14,15). The Morgan fingerprint density at radius 3 is 2.53 bits per heavy atom. The van der Waals surface area contributed by atoms with E-state index in [-0.39, 0.29) is 23.7 Å². The van der Waals surface area contributed by atoms with Gasteiger partial charge in [-0.05, 0) is 18.3 Å². The number of carbonyl (C=O) groups excluding carboxylic acids is 1. The number of cyclic esters (lactones) is 1. The topological polar surface area (TPSA) is 47.6 Å². The molecule has 1 amide bonds. The summed E-state index contributed by atoms with van der Waals surface area (Å²) in [5.41, 5.74) is -0.122. The number of amides is 1. The van der Waals surface area contributed by atoms with Gasteiger partial charge in [-0.3, -0.25) is 0 Å². The summed E-state index contributed by atoms with van der Waals surface area (Å²) in [6, 6.07) is 0. The highest BCUT2D eigenvalue weighted by atomic mass is 16.6. The average Bonchev–Trinajstić information content (AvgIpc) is 2.85. The first kappa shape index (κ1) is 12.7. The minimum Gasteiger partial charge on any atom is -0.444 e. The first-order valence-corrected chi connectivity index (χ1v) is 6.47. The molecule has 0 aromatic rings. The molecule has 0 radical (unpaired) electrons.